The highest BCUT2D eigenvalue weighted by molar-refractivity contribution is 7.90. The molecule has 0 bridgehead atoms. The lowest BCUT2D eigenvalue weighted by molar-refractivity contribution is 0.546. The second kappa shape index (κ2) is 6.13. The predicted molar refractivity (Wildman–Crippen MR) is 96.3 cm³/mol. The van der Waals surface area contributed by atoms with Crippen molar-refractivity contribution < 1.29 is 17.2 Å². The third-order valence-corrected chi connectivity index (χ3v) is 5.77. The van der Waals surface area contributed by atoms with Crippen molar-refractivity contribution in [2.45, 2.75) is 4.90 Å². The van der Waals surface area contributed by atoms with Gasteiger partial charge in [-0.15, -0.1) is 0 Å². The number of fused-ring (bicyclic) bond motifs is 1. The van der Waals surface area contributed by atoms with Crippen LogP contribution >= 0.6 is 0 Å². The summed E-state index contributed by atoms with van der Waals surface area (Å²) >= 11 is 0. The van der Waals surface area contributed by atoms with Crippen molar-refractivity contribution in [2.75, 3.05) is 5.73 Å². The number of nitrogen functional groups attached to an aromatic ring is 1. The van der Waals surface area contributed by atoms with E-state index in [2.05, 4.69) is 9.97 Å². The first-order chi connectivity index (χ1) is 12.9. The molecular weight excluding hydrogens is 374 g/mol. The van der Waals surface area contributed by atoms with Gasteiger partial charge in [0.1, 0.15) is 16.5 Å². The zero-order valence-corrected chi connectivity index (χ0v) is 14.5. The van der Waals surface area contributed by atoms with Gasteiger partial charge >= 0.3 is 0 Å². The van der Waals surface area contributed by atoms with Crippen LogP contribution < -0.4 is 5.73 Å². The molecule has 4 aromatic rings. The molecule has 0 amide bonds. The van der Waals surface area contributed by atoms with Gasteiger partial charge in [0.05, 0.1) is 11.2 Å². The third-order valence-electron chi connectivity index (χ3n) is 4.06. The van der Waals surface area contributed by atoms with Gasteiger partial charge in [-0.1, -0.05) is 18.2 Å². The fourth-order valence-electron chi connectivity index (χ4n) is 2.87. The minimum Gasteiger partial charge on any atom is -0.368 e. The first-order valence-electron chi connectivity index (χ1n) is 7.77. The standard InChI is InChI=1S/C18H12F2N4O2S/c19-11-5-6-17(14(20)9-11)27(25,26)24-10-13(12-3-1-2-4-16(12)24)15-7-8-22-18(21)23-15/h1-10H,(H2,21,22,23). The van der Waals surface area contributed by atoms with E-state index >= 15 is 0 Å². The summed E-state index contributed by atoms with van der Waals surface area (Å²) in [5, 5.41) is 0.585. The number of aromatic nitrogens is 3. The molecule has 0 aliphatic heterocycles. The zero-order chi connectivity index (χ0) is 19.2. The molecule has 0 fully saturated rings. The lowest BCUT2D eigenvalue weighted by Crippen LogP contribution is -2.13. The molecule has 2 aromatic carbocycles. The Balaban J connectivity index is 2.00. The van der Waals surface area contributed by atoms with Gasteiger partial charge in [0.25, 0.3) is 10.0 Å². The Hall–Kier alpha value is -3.33. The Bertz CT molecular complexity index is 1290. The van der Waals surface area contributed by atoms with E-state index < -0.39 is 26.6 Å². The molecule has 0 aliphatic carbocycles. The molecule has 9 heteroatoms. The molecule has 0 saturated heterocycles. The molecule has 27 heavy (non-hydrogen) atoms. The Labute approximate surface area is 153 Å². The number of hydrogen-bond acceptors (Lipinski definition) is 5. The van der Waals surface area contributed by atoms with Crippen LogP contribution in [0.1, 0.15) is 0 Å². The van der Waals surface area contributed by atoms with Crippen molar-refractivity contribution in [3.63, 3.8) is 0 Å². The summed E-state index contributed by atoms with van der Waals surface area (Å²) in [5.41, 5.74) is 6.87. The highest BCUT2D eigenvalue weighted by Gasteiger charge is 2.25. The number of nitrogens with two attached hydrogens (primary N) is 1. The van der Waals surface area contributed by atoms with E-state index in [9.17, 15) is 17.2 Å². The van der Waals surface area contributed by atoms with Gasteiger partial charge in [-0.05, 0) is 24.3 Å². The van der Waals surface area contributed by atoms with Crippen LogP contribution in [0.15, 0.2) is 65.8 Å². The van der Waals surface area contributed by atoms with Crippen LogP contribution in [0.4, 0.5) is 14.7 Å². The minimum atomic E-state index is -4.31. The Kier molecular flexibility index (Phi) is 3.88. The summed E-state index contributed by atoms with van der Waals surface area (Å²) in [6.07, 6.45) is 2.79. The van der Waals surface area contributed by atoms with Crippen LogP contribution in [0.25, 0.3) is 22.2 Å². The maximum atomic E-state index is 14.1. The molecule has 2 aromatic heterocycles. The molecule has 6 nitrogen and oxygen atoms in total. The van der Waals surface area contributed by atoms with E-state index in [0.717, 1.165) is 16.1 Å². The average Bonchev–Trinajstić information content (AvgIpc) is 3.02. The van der Waals surface area contributed by atoms with Crippen molar-refractivity contribution in [1.29, 1.82) is 0 Å². The maximum Gasteiger partial charge on any atom is 0.271 e. The lowest BCUT2D eigenvalue weighted by Gasteiger charge is -2.08. The van der Waals surface area contributed by atoms with E-state index in [0.29, 0.717) is 28.2 Å². The summed E-state index contributed by atoms with van der Waals surface area (Å²) in [5.74, 6) is -1.99. The molecule has 2 heterocycles. The van der Waals surface area contributed by atoms with E-state index in [1.54, 1.807) is 30.3 Å². The maximum absolute atomic E-state index is 14.1. The third kappa shape index (κ3) is 2.81. The van der Waals surface area contributed by atoms with E-state index in [-0.39, 0.29) is 5.95 Å². The highest BCUT2D eigenvalue weighted by Crippen LogP contribution is 2.32. The van der Waals surface area contributed by atoms with E-state index in [1.807, 2.05) is 0 Å². The van der Waals surface area contributed by atoms with Crippen molar-refractivity contribution in [1.82, 2.24) is 13.9 Å². The first-order valence-corrected chi connectivity index (χ1v) is 9.21. The van der Waals surface area contributed by atoms with E-state index in [1.165, 1.54) is 12.4 Å². The molecule has 4 rings (SSSR count). The molecule has 0 saturated carbocycles. The zero-order valence-electron chi connectivity index (χ0n) is 13.7. The largest absolute Gasteiger partial charge is 0.368 e. The summed E-state index contributed by atoms with van der Waals surface area (Å²) in [7, 11) is -4.31. The number of nitrogens with zero attached hydrogens (tertiary/aromatic N) is 3. The Morgan fingerprint density at radius 1 is 1.04 bits per heavy atom. The fraction of sp³-hybridized carbons (Fsp3) is 0. The number of rotatable bonds is 3. The second-order valence-corrected chi connectivity index (χ2v) is 7.52. The van der Waals surface area contributed by atoms with E-state index in [4.69, 9.17) is 5.73 Å². The summed E-state index contributed by atoms with van der Waals surface area (Å²) in [6, 6.07) is 10.6. The number of hydrogen-bond donors (Lipinski definition) is 1. The molecule has 0 aliphatic rings. The van der Waals surface area contributed by atoms with Crippen molar-refractivity contribution >= 4 is 26.9 Å². The Morgan fingerprint density at radius 2 is 1.81 bits per heavy atom. The van der Waals surface area contributed by atoms with Gasteiger partial charge in [0.15, 0.2) is 0 Å². The molecule has 136 valence electrons. The van der Waals surface area contributed by atoms with Crippen molar-refractivity contribution in [3.8, 4) is 11.3 Å². The summed E-state index contributed by atoms with van der Waals surface area (Å²) < 4.78 is 54.4. The number of benzene rings is 2. The topological polar surface area (TPSA) is 90.9 Å². The molecule has 2 N–H and O–H groups in total. The fourth-order valence-corrected chi connectivity index (χ4v) is 4.29. The minimum absolute atomic E-state index is 0.0387. The van der Waals surface area contributed by atoms with Gasteiger partial charge in [0.2, 0.25) is 5.95 Å². The lowest BCUT2D eigenvalue weighted by atomic mass is 10.1. The molecule has 0 radical (unpaired) electrons. The van der Waals surface area contributed by atoms with Gasteiger partial charge < -0.3 is 5.73 Å². The molecular formula is C18H12F2N4O2S. The van der Waals surface area contributed by atoms with Crippen LogP contribution in [0.3, 0.4) is 0 Å². The quantitative estimate of drug-likeness (QED) is 0.584. The van der Waals surface area contributed by atoms with Crippen LogP contribution in [0, 0.1) is 11.6 Å². The van der Waals surface area contributed by atoms with Crippen molar-refractivity contribution in [2.24, 2.45) is 0 Å². The SMILES string of the molecule is Nc1nccc(-c2cn(S(=O)(=O)c3ccc(F)cc3F)c3ccccc23)n1. The number of anilines is 1. The summed E-state index contributed by atoms with van der Waals surface area (Å²) in [6.45, 7) is 0. The second-order valence-electron chi connectivity index (χ2n) is 5.74. The van der Waals surface area contributed by atoms with Crippen LogP contribution in [0.5, 0.6) is 0 Å². The first kappa shape index (κ1) is 17.1. The smallest absolute Gasteiger partial charge is 0.271 e. The number of halogens is 2. The molecule has 0 unspecified atom stereocenters. The van der Waals surface area contributed by atoms with Crippen LogP contribution in [-0.4, -0.2) is 22.4 Å². The van der Waals surface area contributed by atoms with Crippen LogP contribution in [-0.2, 0) is 10.0 Å². The Morgan fingerprint density at radius 3 is 2.56 bits per heavy atom. The highest BCUT2D eigenvalue weighted by atomic mass is 32.2. The summed E-state index contributed by atoms with van der Waals surface area (Å²) in [4.78, 5) is 7.32. The number of para-hydroxylation sites is 1. The predicted octanol–water partition coefficient (Wildman–Crippen LogP) is 3.20. The monoisotopic (exact) mass is 386 g/mol. The molecule has 0 spiro atoms. The normalized spacial score (nSPS) is 11.8. The van der Waals surface area contributed by atoms with Crippen LogP contribution in [0.2, 0.25) is 0 Å². The van der Waals surface area contributed by atoms with Gasteiger partial charge in [-0.25, -0.2) is 31.1 Å². The molecule has 0 atom stereocenters. The van der Waals surface area contributed by atoms with Gasteiger partial charge in [-0.3, -0.25) is 0 Å². The van der Waals surface area contributed by atoms with Gasteiger partial charge in [0, 0.05) is 29.4 Å². The van der Waals surface area contributed by atoms with Crippen molar-refractivity contribution in [3.05, 3.63) is 72.6 Å². The van der Waals surface area contributed by atoms with Gasteiger partial charge in [-0.2, -0.15) is 0 Å². The average molecular weight is 386 g/mol.